The van der Waals surface area contributed by atoms with Gasteiger partial charge in [0.05, 0.1) is 0 Å². The van der Waals surface area contributed by atoms with Crippen LogP contribution in [-0.2, 0) is 11.2 Å². The summed E-state index contributed by atoms with van der Waals surface area (Å²) < 4.78 is 5.17. The van der Waals surface area contributed by atoms with Crippen molar-refractivity contribution in [3.63, 3.8) is 0 Å². The predicted octanol–water partition coefficient (Wildman–Crippen LogP) is 1.44. The lowest BCUT2D eigenvalue weighted by Gasteiger charge is -2.32. The monoisotopic (exact) mass is 221 g/mol. The molecule has 2 rings (SSSR count). The van der Waals surface area contributed by atoms with Crippen LogP contribution >= 0.6 is 0 Å². The van der Waals surface area contributed by atoms with E-state index in [1.165, 1.54) is 0 Å². The van der Waals surface area contributed by atoms with E-state index < -0.39 is 17.4 Å². The van der Waals surface area contributed by atoms with Gasteiger partial charge < -0.3 is 9.84 Å². The number of hydrogen-bond acceptors (Lipinski definition) is 3. The van der Waals surface area contributed by atoms with Crippen LogP contribution in [0.15, 0.2) is 30.3 Å². The predicted molar refractivity (Wildman–Crippen MR) is 58.8 cm³/mol. The van der Waals surface area contributed by atoms with Gasteiger partial charge in [-0.25, -0.2) is 4.79 Å². The molecule has 0 unspecified atom stereocenters. The smallest absolute Gasteiger partial charge is 0.410 e. The minimum absolute atomic E-state index is 0.472. The molecule has 1 fully saturated rings. The number of alkyl carbamates (subject to hydrolysis) is 1. The molecule has 0 bridgehead atoms. The number of cyclic esters (lactones) is 1. The van der Waals surface area contributed by atoms with Crippen LogP contribution in [0.4, 0.5) is 4.79 Å². The van der Waals surface area contributed by atoms with E-state index in [2.05, 4.69) is 5.32 Å². The second kappa shape index (κ2) is 3.49. The fourth-order valence-corrected chi connectivity index (χ4v) is 1.85. The van der Waals surface area contributed by atoms with Gasteiger partial charge in [-0.05, 0) is 19.4 Å². The van der Waals surface area contributed by atoms with Gasteiger partial charge in [-0.15, -0.1) is 0 Å². The second-order valence-electron chi connectivity index (χ2n) is 4.48. The zero-order chi connectivity index (χ0) is 11.8. The molecule has 1 heterocycles. The maximum Gasteiger partial charge on any atom is 0.410 e. The average Bonchev–Trinajstić information content (AvgIpc) is 2.36. The summed E-state index contributed by atoms with van der Waals surface area (Å²) in [5.41, 5.74) is -1.27. The fraction of sp³-hybridized carbons (Fsp3) is 0.417. The molecular formula is C12H15NO3. The molecule has 86 valence electrons. The van der Waals surface area contributed by atoms with Crippen LogP contribution in [0, 0.1) is 0 Å². The minimum atomic E-state index is -1.35. The van der Waals surface area contributed by atoms with E-state index in [0.29, 0.717) is 6.42 Å². The first-order valence-electron chi connectivity index (χ1n) is 5.20. The molecule has 1 saturated heterocycles. The first kappa shape index (κ1) is 11.0. The van der Waals surface area contributed by atoms with Crippen molar-refractivity contribution in [3.8, 4) is 0 Å². The lowest BCUT2D eigenvalue weighted by atomic mass is 9.87. The Hall–Kier alpha value is -1.55. The first-order chi connectivity index (χ1) is 7.43. The number of carbonyl (C=O) groups excluding carboxylic acids is 1. The van der Waals surface area contributed by atoms with Gasteiger partial charge in [-0.2, -0.15) is 0 Å². The van der Waals surface area contributed by atoms with E-state index in [-0.39, 0.29) is 0 Å². The summed E-state index contributed by atoms with van der Waals surface area (Å²) in [5, 5.41) is 12.5. The van der Waals surface area contributed by atoms with Gasteiger partial charge in [0.15, 0.2) is 11.3 Å². The molecule has 0 aromatic heterocycles. The molecule has 4 nitrogen and oxygen atoms in total. The number of carbonyl (C=O) groups is 1. The van der Waals surface area contributed by atoms with Crippen LogP contribution in [0.1, 0.15) is 19.4 Å². The number of rotatable bonds is 2. The number of amides is 1. The minimum Gasteiger partial charge on any atom is -0.438 e. The average molecular weight is 221 g/mol. The molecule has 1 aliphatic heterocycles. The van der Waals surface area contributed by atoms with Crippen LogP contribution < -0.4 is 5.32 Å². The van der Waals surface area contributed by atoms with E-state index in [1.54, 1.807) is 13.8 Å². The number of nitrogens with one attached hydrogen (secondary N) is 1. The van der Waals surface area contributed by atoms with Crippen LogP contribution in [0.25, 0.3) is 0 Å². The number of benzene rings is 1. The molecule has 0 radical (unpaired) electrons. The van der Waals surface area contributed by atoms with E-state index in [4.69, 9.17) is 4.74 Å². The van der Waals surface area contributed by atoms with Gasteiger partial charge in [-0.3, -0.25) is 5.32 Å². The third kappa shape index (κ3) is 1.76. The summed E-state index contributed by atoms with van der Waals surface area (Å²) in [6, 6.07) is 9.62. The van der Waals surface area contributed by atoms with Crippen molar-refractivity contribution in [3.05, 3.63) is 35.9 Å². The van der Waals surface area contributed by atoms with E-state index in [9.17, 15) is 9.90 Å². The van der Waals surface area contributed by atoms with Gasteiger partial charge in [0, 0.05) is 6.42 Å². The molecule has 0 saturated carbocycles. The third-order valence-electron chi connectivity index (χ3n) is 3.08. The summed E-state index contributed by atoms with van der Waals surface area (Å²) in [5.74, 6) is 0. The third-order valence-corrected chi connectivity index (χ3v) is 3.08. The van der Waals surface area contributed by atoms with Crippen molar-refractivity contribution in [2.24, 2.45) is 0 Å². The van der Waals surface area contributed by atoms with Crippen molar-refractivity contribution in [1.29, 1.82) is 0 Å². The SMILES string of the molecule is C[C@]1(O)NC(=O)O[C@@]1(C)Cc1ccccc1. The van der Waals surface area contributed by atoms with Crippen molar-refractivity contribution in [2.45, 2.75) is 31.6 Å². The Kier molecular flexibility index (Phi) is 2.39. The standard InChI is InChI=1S/C12H15NO3/c1-11(8-9-6-4-3-5-7-9)12(2,15)13-10(14)16-11/h3-7,15H,8H2,1-2H3,(H,13,14)/t11-,12+/m0/s1. The Bertz CT molecular complexity index is 402. The maximum atomic E-state index is 11.2. The number of ether oxygens (including phenoxy) is 1. The Balaban J connectivity index is 2.23. The molecule has 0 spiro atoms. The van der Waals surface area contributed by atoms with Gasteiger partial charge in [0.2, 0.25) is 0 Å². The highest BCUT2D eigenvalue weighted by atomic mass is 16.6. The molecule has 1 aromatic rings. The molecule has 1 aromatic carbocycles. The highest BCUT2D eigenvalue weighted by Crippen LogP contribution is 2.32. The van der Waals surface area contributed by atoms with Crippen LogP contribution in [-0.4, -0.2) is 22.5 Å². The van der Waals surface area contributed by atoms with Crippen molar-refractivity contribution >= 4 is 6.09 Å². The Labute approximate surface area is 94.2 Å². The van der Waals surface area contributed by atoms with Crippen LogP contribution in [0.5, 0.6) is 0 Å². The van der Waals surface area contributed by atoms with E-state index >= 15 is 0 Å². The van der Waals surface area contributed by atoms with E-state index in [0.717, 1.165) is 5.56 Å². The molecule has 1 amide bonds. The zero-order valence-corrected chi connectivity index (χ0v) is 9.36. The second-order valence-corrected chi connectivity index (χ2v) is 4.48. The molecule has 16 heavy (non-hydrogen) atoms. The van der Waals surface area contributed by atoms with Gasteiger partial charge in [-0.1, -0.05) is 30.3 Å². The van der Waals surface area contributed by atoms with Crippen molar-refractivity contribution in [1.82, 2.24) is 5.32 Å². The Morgan fingerprint density at radius 3 is 2.44 bits per heavy atom. The van der Waals surface area contributed by atoms with Crippen LogP contribution in [0.3, 0.4) is 0 Å². The lowest BCUT2D eigenvalue weighted by Crippen LogP contribution is -2.54. The molecule has 2 atom stereocenters. The van der Waals surface area contributed by atoms with Crippen molar-refractivity contribution < 1.29 is 14.6 Å². The molecule has 1 aliphatic rings. The summed E-state index contributed by atoms with van der Waals surface area (Å²) in [7, 11) is 0. The summed E-state index contributed by atoms with van der Waals surface area (Å²) in [6.45, 7) is 3.26. The highest BCUT2D eigenvalue weighted by Gasteiger charge is 2.53. The first-order valence-corrected chi connectivity index (χ1v) is 5.20. The van der Waals surface area contributed by atoms with Crippen molar-refractivity contribution in [2.75, 3.05) is 0 Å². The number of aliphatic hydroxyl groups is 1. The van der Waals surface area contributed by atoms with Gasteiger partial charge in [0.25, 0.3) is 0 Å². The quantitative estimate of drug-likeness (QED) is 0.794. The summed E-state index contributed by atoms with van der Waals surface area (Å²) >= 11 is 0. The maximum absolute atomic E-state index is 11.2. The van der Waals surface area contributed by atoms with Gasteiger partial charge >= 0.3 is 6.09 Å². The fourth-order valence-electron chi connectivity index (χ4n) is 1.85. The number of hydrogen-bond donors (Lipinski definition) is 2. The summed E-state index contributed by atoms with van der Waals surface area (Å²) in [4.78, 5) is 11.2. The highest BCUT2D eigenvalue weighted by molar-refractivity contribution is 5.71. The lowest BCUT2D eigenvalue weighted by molar-refractivity contribution is -0.0931. The molecule has 4 heteroatoms. The van der Waals surface area contributed by atoms with E-state index in [1.807, 2.05) is 30.3 Å². The normalized spacial score (nSPS) is 33.3. The van der Waals surface area contributed by atoms with Gasteiger partial charge in [0.1, 0.15) is 0 Å². The zero-order valence-electron chi connectivity index (χ0n) is 9.36. The largest absolute Gasteiger partial charge is 0.438 e. The summed E-state index contributed by atoms with van der Waals surface area (Å²) in [6.07, 6.45) is -0.108. The topological polar surface area (TPSA) is 58.6 Å². The Morgan fingerprint density at radius 2 is 1.94 bits per heavy atom. The Morgan fingerprint density at radius 1 is 1.31 bits per heavy atom. The van der Waals surface area contributed by atoms with Crippen LogP contribution in [0.2, 0.25) is 0 Å². The molecular weight excluding hydrogens is 206 g/mol. The molecule has 0 aliphatic carbocycles. The molecule has 2 N–H and O–H groups in total.